The van der Waals surface area contributed by atoms with Crippen molar-refractivity contribution >= 4 is 23.3 Å². The molecule has 2 aromatic rings. The number of hydrogen-bond donors (Lipinski definition) is 0. The van der Waals surface area contributed by atoms with Gasteiger partial charge in [0, 0.05) is 42.2 Å². The molecule has 1 unspecified atom stereocenters. The largest absolute Gasteiger partial charge is 0.376 e. The summed E-state index contributed by atoms with van der Waals surface area (Å²) in [4.78, 5) is 49.4. The van der Waals surface area contributed by atoms with E-state index < -0.39 is 23.3 Å². The molecule has 9 heteroatoms. The van der Waals surface area contributed by atoms with E-state index in [2.05, 4.69) is 0 Å². The van der Waals surface area contributed by atoms with E-state index >= 15 is 0 Å². The van der Waals surface area contributed by atoms with Gasteiger partial charge in [-0.3, -0.25) is 29.4 Å². The van der Waals surface area contributed by atoms with Crippen LogP contribution in [0.4, 0.5) is 5.69 Å². The first-order valence-corrected chi connectivity index (χ1v) is 9.74. The van der Waals surface area contributed by atoms with Crippen LogP contribution in [0.5, 0.6) is 0 Å². The summed E-state index contributed by atoms with van der Waals surface area (Å²) in [5, 5.41) is 11.0. The first kappa shape index (κ1) is 20.0. The highest BCUT2D eigenvalue weighted by molar-refractivity contribution is 6.23. The topological polar surface area (TPSA) is 112 Å². The number of amides is 2. The van der Waals surface area contributed by atoms with E-state index in [-0.39, 0.29) is 28.7 Å². The van der Waals surface area contributed by atoms with Gasteiger partial charge in [0.1, 0.15) is 0 Å². The predicted molar refractivity (Wildman–Crippen MR) is 106 cm³/mol. The summed E-state index contributed by atoms with van der Waals surface area (Å²) in [5.74, 6) is -1.67. The first-order valence-electron chi connectivity index (χ1n) is 9.74. The second kappa shape index (κ2) is 7.49. The molecule has 0 saturated carbocycles. The number of aromatic nitrogens is 1. The molecule has 0 bridgehead atoms. The molecular formula is C21H21N3O6. The lowest BCUT2D eigenvalue weighted by atomic mass is 10.1. The Kier molecular flexibility index (Phi) is 4.98. The molecule has 1 atom stereocenters. The number of carbonyl (C=O) groups is 3. The summed E-state index contributed by atoms with van der Waals surface area (Å²) in [6, 6.07) is 5.27. The number of fused-ring (bicyclic) bond motifs is 1. The van der Waals surface area contributed by atoms with E-state index in [1.54, 1.807) is 6.07 Å². The van der Waals surface area contributed by atoms with E-state index in [1.165, 1.54) is 12.1 Å². The van der Waals surface area contributed by atoms with Crippen molar-refractivity contribution in [1.82, 2.24) is 9.47 Å². The summed E-state index contributed by atoms with van der Waals surface area (Å²) in [5.41, 5.74) is 1.87. The molecule has 0 aliphatic carbocycles. The summed E-state index contributed by atoms with van der Waals surface area (Å²) < 4.78 is 7.71. The van der Waals surface area contributed by atoms with Crippen LogP contribution >= 0.6 is 0 Å². The molecule has 0 spiro atoms. The molecule has 1 saturated heterocycles. The lowest BCUT2D eigenvalue weighted by Gasteiger charge is -2.15. The van der Waals surface area contributed by atoms with Gasteiger partial charge in [-0.1, -0.05) is 0 Å². The third-order valence-electron chi connectivity index (χ3n) is 5.75. The van der Waals surface area contributed by atoms with Gasteiger partial charge in [-0.15, -0.1) is 0 Å². The fourth-order valence-electron chi connectivity index (χ4n) is 4.12. The van der Waals surface area contributed by atoms with Crippen LogP contribution in [-0.4, -0.2) is 51.2 Å². The molecule has 1 aromatic carbocycles. The van der Waals surface area contributed by atoms with Crippen molar-refractivity contribution < 1.29 is 24.0 Å². The monoisotopic (exact) mass is 411 g/mol. The van der Waals surface area contributed by atoms with Crippen LogP contribution in [0, 0.1) is 24.0 Å². The maximum atomic E-state index is 12.9. The number of rotatable bonds is 6. The fourth-order valence-corrected chi connectivity index (χ4v) is 4.12. The van der Waals surface area contributed by atoms with E-state index in [1.807, 2.05) is 18.4 Å². The van der Waals surface area contributed by atoms with Gasteiger partial charge in [0.2, 0.25) is 0 Å². The Balaban J connectivity index is 1.55. The molecular weight excluding hydrogens is 390 g/mol. The van der Waals surface area contributed by atoms with Crippen molar-refractivity contribution in [2.45, 2.75) is 39.3 Å². The lowest BCUT2D eigenvalue weighted by molar-refractivity contribution is -0.384. The van der Waals surface area contributed by atoms with Crippen LogP contribution in [-0.2, 0) is 11.3 Å². The number of Topliss-reactive ketones (excluding diaryl/α,β-unsaturated/α-hetero) is 1. The number of ketones is 1. The molecule has 156 valence electrons. The molecule has 1 fully saturated rings. The number of hydrogen-bond acceptors (Lipinski definition) is 6. The third kappa shape index (κ3) is 3.30. The number of nitro groups is 1. The maximum Gasteiger partial charge on any atom is 0.270 e. The van der Waals surface area contributed by atoms with Crippen molar-refractivity contribution in [3.8, 4) is 0 Å². The van der Waals surface area contributed by atoms with Crippen LogP contribution in [0.2, 0.25) is 0 Å². The van der Waals surface area contributed by atoms with Crippen LogP contribution in [0.15, 0.2) is 24.3 Å². The Morgan fingerprint density at radius 2 is 1.93 bits per heavy atom. The minimum absolute atomic E-state index is 0.0501. The SMILES string of the molecule is Cc1cc(C(=O)CN2C(=O)c3ccc([N+](=O)[O-])cc3C2=O)c(C)n1CC1CCCO1. The average molecular weight is 411 g/mol. The van der Waals surface area contributed by atoms with Gasteiger partial charge in [-0.05, 0) is 38.8 Å². The highest BCUT2D eigenvalue weighted by Crippen LogP contribution is 2.28. The van der Waals surface area contributed by atoms with Gasteiger partial charge < -0.3 is 9.30 Å². The molecule has 2 aliphatic rings. The van der Waals surface area contributed by atoms with Crippen LogP contribution in [0.1, 0.15) is 55.3 Å². The number of aryl methyl sites for hydroxylation is 1. The zero-order chi connectivity index (χ0) is 21.6. The Morgan fingerprint density at radius 1 is 1.20 bits per heavy atom. The summed E-state index contributed by atoms with van der Waals surface area (Å²) in [6.07, 6.45) is 2.11. The highest BCUT2D eigenvalue weighted by Gasteiger charge is 2.38. The molecule has 3 heterocycles. The van der Waals surface area contributed by atoms with Crippen molar-refractivity contribution in [2.24, 2.45) is 0 Å². The predicted octanol–water partition coefficient (Wildman–Crippen LogP) is 2.67. The zero-order valence-electron chi connectivity index (χ0n) is 16.7. The van der Waals surface area contributed by atoms with Crippen molar-refractivity contribution in [1.29, 1.82) is 0 Å². The summed E-state index contributed by atoms with van der Waals surface area (Å²) in [6.45, 7) is 4.72. The van der Waals surface area contributed by atoms with Crippen molar-refractivity contribution in [2.75, 3.05) is 13.2 Å². The quantitative estimate of drug-likeness (QED) is 0.313. The standard InChI is InChI=1S/C21H21N3O6/c1-12-8-17(13(2)22(12)10-15-4-3-7-30-15)19(25)11-23-20(26)16-6-5-14(24(28)29)9-18(16)21(23)27/h5-6,8-9,15H,3-4,7,10-11H2,1-2H3. The number of non-ortho nitro benzene ring substituents is 1. The van der Waals surface area contributed by atoms with Gasteiger partial charge in [0.05, 0.1) is 28.7 Å². The molecule has 1 aromatic heterocycles. The molecule has 4 rings (SSSR count). The van der Waals surface area contributed by atoms with E-state index in [9.17, 15) is 24.5 Å². The van der Waals surface area contributed by atoms with E-state index in [4.69, 9.17) is 4.74 Å². The molecule has 9 nitrogen and oxygen atoms in total. The lowest BCUT2D eigenvalue weighted by Crippen LogP contribution is -2.35. The van der Waals surface area contributed by atoms with Crippen LogP contribution in [0.3, 0.4) is 0 Å². The second-order valence-electron chi connectivity index (χ2n) is 7.64. The highest BCUT2D eigenvalue weighted by atomic mass is 16.6. The van der Waals surface area contributed by atoms with Crippen molar-refractivity contribution in [3.05, 3.63) is 62.5 Å². The molecule has 2 amide bonds. The third-order valence-corrected chi connectivity index (χ3v) is 5.75. The van der Waals surface area contributed by atoms with Gasteiger partial charge in [0.25, 0.3) is 17.5 Å². The van der Waals surface area contributed by atoms with Gasteiger partial charge in [-0.25, -0.2) is 0 Å². The summed E-state index contributed by atoms with van der Waals surface area (Å²) in [7, 11) is 0. The van der Waals surface area contributed by atoms with Crippen molar-refractivity contribution in [3.63, 3.8) is 0 Å². The molecule has 30 heavy (non-hydrogen) atoms. The van der Waals surface area contributed by atoms with E-state index in [0.717, 1.165) is 41.8 Å². The molecule has 0 N–H and O–H groups in total. The first-order chi connectivity index (χ1) is 14.3. The maximum absolute atomic E-state index is 12.9. The number of benzene rings is 1. The van der Waals surface area contributed by atoms with Crippen LogP contribution < -0.4 is 0 Å². The van der Waals surface area contributed by atoms with Gasteiger partial charge >= 0.3 is 0 Å². The molecule has 2 aliphatic heterocycles. The number of carbonyl (C=O) groups excluding carboxylic acids is 3. The number of imide groups is 1. The average Bonchev–Trinajstić information content (AvgIpc) is 3.39. The number of nitro benzene ring substituents is 1. The van der Waals surface area contributed by atoms with Crippen LogP contribution in [0.25, 0.3) is 0 Å². The Bertz CT molecular complexity index is 1080. The second-order valence-corrected chi connectivity index (χ2v) is 7.64. The minimum atomic E-state index is -0.694. The number of ether oxygens (including phenoxy) is 1. The minimum Gasteiger partial charge on any atom is -0.376 e. The molecule has 0 radical (unpaired) electrons. The smallest absolute Gasteiger partial charge is 0.270 e. The van der Waals surface area contributed by atoms with Gasteiger partial charge in [-0.2, -0.15) is 0 Å². The van der Waals surface area contributed by atoms with Gasteiger partial charge in [0.15, 0.2) is 5.78 Å². The Morgan fingerprint density at radius 3 is 2.60 bits per heavy atom. The zero-order valence-corrected chi connectivity index (χ0v) is 16.7. The van der Waals surface area contributed by atoms with E-state index in [0.29, 0.717) is 12.1 Å². The Hall–Kier alpha value is -3.33. The summed E-state index contributed by atoms with van der Waals surface area (Å²) >= 11 is 0. The number of nitrogens with zero attached hydrogens (tertiary/aromatic N) is 3. The Labute approximate surface area is 172 Å². The normalized spacial score (nSPS) is 18.2. The fraction of sp³-hybridized carbons (Fsp3) is 0.381.